The predicted octanol–water partition coefficient (Wildman–Crippen LogP) is 2.98. The highest BCUT2D eigenvalue weighted by Gasteiger charge is 2.14. The molecule has 156 valence electrons. The molecule has 3 aromatic rings. The van der Waals surface area contributed by atoms with Crippen molar-refractivity contribution in [3.8, 4) is 5.75 Å². The van der Waals surface area contributed by atoms with Gasteiger partial charge in [0.2, 0.25) is 0 Å². The van der Waals surface area contributed by atoms with E-state index in [9.17, 15) is 14.4 Å². The summed E-state index contributed by atoms with van der Waals surface area (Å²) in [6.07, 6.45) is 1.31. The molecule has 0 radical (unpaired) electrons. The second-order valence-electron chi connectivity index (χ2n) is 6.61. The number of nitrogens with zero attached hydrogens (tertiary/aromatic N) is 1. The molecular formula is C24H21N3O4. The Kier molecular flexibility index (Phi) is 7.26. The fourth-order valence-electron chi connectivity index (χ4n) is 2.71. The van der Waals surface area contributed by atoms with Gasteiger partial charge in [-0.2, -0.15) is 5.10 Å². The zero-order valence-electron chi connectivity index (χ0n) is 16.9. The van der Waals surface area contributed by atoms with E-state index in [-0.39, 0.29) is 12.3 Å². The molecule has 7 nitrogen and oxygen atoms in total. The Bertz CT molecular complexity index is 1110. The molecular weight excluding hydrogens is 394 g/mol. The zero-order chi connectivity index (χ0) is 22.1. The third-order valence-corrected chi connectivity index (χ3v) is 4.36. The summed E-state index contributed by atoms with van der Waals surface area (Å²) in [6.45, 7) is 2.05. The summed E-state index contributed by atoms with van der Waals surface area (Å²) in [6, 6.07) is 23.1. The zero-order valence-corrected chi connectivity index (χ0v) is 16.9. The number of carbonyl (C=O) groups excluding carboxylic acids is 3. The van der Waals surface area contributed by atoms with E-state index < -0.39 is 17.8 Å². The molecule has 0 unspecified atom stereocenters. The third-order valence-electron chi connectivity index (χ3n) is 4.36. The van der Waals surface area contributed by atoms with E-state index in [1.54, 1.807) is 36.4 Å². The molecule has 31 heavy (non-hydrogen) atoms. The van der Waals surface area contributed by atoms with E-state index in [2.05, 4.69) is 15.8 Å². The number of ether oxygens (including phenoxy) is 1. The maximum atomic E-state index is 12.5. The molecule has 0 atom stereocenters. The molecule has 7 heteroatoms. The van der Waals surface area contributed by atoms with Gasteiger partial charge in [-0.3, -0.25) is 9.59 Å². The number of hydrogen-bond acceptors (Lipinski definition) is 5. The summed E-state index contributed by atoms with van der Waals surface area (Å²) in [7, 11) is 0. The molecule has 2 amide bonds. The van der Waals surface area contributed by atoms with Crippen LogP contribution < -0.4 is 15.5 Å². The molecule has 0 saturated carbocycles. The highest BCUT2D eigenvalue weighted by atomic mass is 16.5. The second kappa shape index (κ2) is 10.5. The topological polar surface area (TPSA) is 96.9 Å². The third kappa shape index (κ3) is 6.11. The molecule has 0 aromatic heterocycles. The van der Waals surface area contributed by atoms with Crippen LogP contribution in [-0.4, -0.2) is 24.0 Å². The van der Waals surface area contributed by atoms with Crippen molar-refractivity contribution >= 4 is 24.0 Å². The van der Waals surface area contributed by atoms with E-state index in [0.717, 1.165) is 11.1 Å². The molecule has 0 bridgehead atoms. The number of hydrazone groups is 1. The Morgan fingerprint density at radius 2 is 1.55 bits per heavy atom. The molecule has 0 spiro atoms. The fourth-order valence-corrected chi connectivity index (χ4v) is 2.71. The largest absolute Gasteiger partial charge is 0.422 e. The molecule has 0 aliphatic carbocycles. The number of carbonyl (C=O) groups is 3. The molecule has 0 heterocycles. The van der Waals surface area contributed by atoms with Gasteiger partial charge in [0.1, 0.15) is 5.75 Å². The summed E-state index contributed by atoms with van der Waals surface area (Å²) in [4.78, 5) is 36.3. The van der Waals surface area contributed by atoms with Crippen molar-refractivity contribution in [2.75, 3.05) is 0 Å². The van der Waals surface area contributed by atoms with Crippen LogP contribution in [0.3, 0.4) is 0 Å². The molecule has 0 aliphatic rings. The first-order chi connectivity index (χ1) is 15.0. The fraction of sp³-hybridized carbons (Fsp3) is 0.0833. The van der Waals surface area contributed by atoms with Gasteiger partial charge in [0.25, 0.3) is 0 Å². The summed E-state index contributed by atoms with van der Waals surface area (Å²) < 4.78 is 5.48. The molecule has 0 aliphatic heterocycles. The van der Waals surface area contributed by atoms with Gasteiger partial charge in [-0.15, -0.1) is 0 Å². The van der Waals surface area contributed by atoms with E-state index >= 15 is 0 Å². The number of rotatable bonds is 6. The lowest BCUT2D eigenvalue weighted by Gasteiger charge is -2.09. The van der Waals surface area contributed by atoms with Crippen molar-refractivity contribution in [1.29, 1.82) is 0 Å². The number of hydrogen-bond donors (Lipinski definition) is 2. The number of amides is 2. The highest BCUT2D eigenvalue weighted by Crippen LogP contribution is 2.18. The molecule has 0 fully saturated rings. The minimum Gasteiger partial charge on any atom is -0.422 e. The monoisotopic (exact) mass is 415 g/mol. The van der Waals surface area contributed by atoms with Crippen LogP contribution in [0.4, 0.5) is 0 Å². The van der Waals surface area contributed by atoms with Crippen LogP contribution in [-0.2, 0) is 16.1 Å². The normalized spacial score (nSPS) is 10.5. The van der Waals surface area contributed by atoms with Crippen LogP contribution in [0, 0.1) is 6.92 Å². The average molecular weight is 415 g/mol. The minimum absolute atomic E-state index is 0.231. The van der Waals surface area contributed by atoms with Crippen LogP contribution in [0.15, 0.2) is 84.0 Å². The number of benzene rings is 3. The maximum Gasteiger partial charge on any atom is 0.343 e. The highest BCUT2D eigenvalue weighted by molar-refractivity contribution is 6.35. The van der Waals surface area contributed by atoms with Crippen molar-refractivity contribution in [2.45, 2.75) is 13.5 Å². The van der Waals surface area contributed by atoms with Crippen molar-refractivity contribution in [1.82, 2.24) is 10.7 Å². The SMILES string of the molecule is Cc1ccccc1C(=O)Oc1ccccc1C=NNC(=O)C(=O)NCc1ccccc1. The Morgan fingerprint density at radius 1 is 0.871 bits per heavy atom. The van der Waals surface area contributed by atoms with E-state index in [1.807, 2.05) is 49.4 Å². The standard InChI is InChI=1S/C24H21N3O4/c1-17-9-5-7-13-20(17)24(30)31-21-14-8-6-12-19(21)16-26-27-23(29)22(28)25-15-18-10-3-2-4-11-18/h2-14,16H,15H2,1H3,(H,25,28)(H,27,29). The minimum atomic E-state index is -0.901. The lowest BCUT2D eigenvalue weighted by Crippen LogP contribution is -2.37. The molecule has 3 aromatic carbocycles. The Morgan fingerprint density at radius 3 is 2.32 bits per heavy atom. The quantitative estimate of drug-likeness (QED) is 0.213. The van der Waals surface area contributed by atoms with Gasteiger partial charge in [-0.25, -0.2) is 10.2 Å². The number of aryl methyl sites for hydroxylation is 1. The first-order valence-electron chi connectivity index (χ1n) is 9.56. The van der Waals surface area contributed by atoms with Crippen LogP contribution in [0.2, 0.25) is 0 Å². The van der Waals surface area contributed by atoms with E-state index in [0.29, 0.717) is 11.1 Å². The summed E-state index contributed by atoms with van der Waals surface area (Å²) in [5.41, 5.74) is 4.76. The lowest BCUT2D eigenvalue weighted by molar-refractivity contribution is -0.139. The van der Waals surface area contributed by atoms with Crippen LogP contribution in [0.25, 0.3) is 0 Å². The summed E-state index contributed by atoms with van der Waals surface area (Å²) in [5, 5.41) is 6.31. The van der Waals surface area contributed by atoms with Crippen LogP contribution >= 0.6 is 0 Å². The van der Waals surface area contributed by atoms with Gasteiger partial charge in [0.05, 0.1) is 11.8 Å². The van der Waals surface area contributed by atoms with Gasteiger partial charge in [-0.1, -0.05) is 60.7 Å². The molecule has 3 rings (SSSR count). The predicted molar refractivity (Wildman–Crippen MR) is 117 cm³/mol. The van der Waals surface area contributed by atoms with Gasteiger partial charge in [0, 0.05) is 12.1 Å². The van der Waals surface area contributed by atoms with Gasteiger partial charge in [0.15, 0.2) is 0 Å². The lowest BCUT2D eigenvalue weighted by atomic mass is 10.1. The Balaban J connectivity index is 1.58. The number of para-hydroxylation sites is 1. The Labute approximate surface area is 179 Å². The van der Waals surface area contributed by atoms with Crippen LogP contribution in [0.1, 0.15) is 27.0 Å². The van der Waals surface area contributed by atoms with Crippen molar-refractivity contribution in [2.24, 2.45) is 5.10 Å². The molecule has 0 saturated heterocycles. The van der Waals surface area contributed by atoms with Gasteiger partial charge >= 0.3 is 17.8 Å². The number of esters is 1. The molecule has 2 N–H and O–H groups in total. The smallest absolute Gasteiger partial charge is 0.343 e. The average Bonchev–Trinajstić information content (AvgIpc) is 2.79. The van der Waals surface area contributed by atoms with Crippen LogP contribution in [0.5, 0.6) is 5.75 Å². The summed E-state index contributed by atoms with van der Waals surface area (Å²) in [5.74, 6) is -1.92. The summed E-state index contributed by atoms with van der Waals surface area (Å²) >= 11 is 0. The first kappa shape index (κ1) is 21.4. The van der Waals surface area contributed by atoms with Gasteiger partial charge < -0.3 is 10.1 Å². The second-order valence-corrected chi connectivity index (χ2v) is 6.61. The van der Waals surface area contributed by atoms with Crippen molar-refractivity contribution in [3.63, 3.8) is 0 Å². The van der Waals surface area contributed by atoms with Crippen molar-refractivity contribution < 1.29 is 19.1 Å². The first-order valence-corrected chi connectivity index (χ1v) is 9.56. The van der Waals surface area contributed by atoms with E-state index in [1.165, 1.54) is 6.21 Å². The number of nitrogens with one attached hydrogen (secondary N) is 2. The Hall–Kier alpha value is -4.26. The van der Waals surface area contributed by atoms with Gasteiger partial charge in [-0.05, 0) is 36.2 Å². The van der Waals surface area contributed by atoms with E-state index in [4.69, 9.17) is 4.74 Å². The van der Waals surface area contributed by atoms with Crippen molar-refractivity contribution in [3.05, 3.63) is 101 Å². The maximum absolute atomic E-state index is 12.5.